The number of aromatic nitrogens is 2. The monoisotopic (exact) mass is 289 g/mol. The number of carbonyl (C=O) groups is 1. The third-order valence-electron chi connectivity index (χ3n) is 3.98. The van der Waals surface area contributed by atoms with Gasteiger partial charge >= 0.3 is 0 Å². The fourth-order valence-corrected chi connectivity index (χ4v) is 3.54. The normalized spacial score (nSPS) is 18.6. The van der Waals surface area contributed by atoms with Gasteiger partial charge in [-0.3, -0.25) is 9.89 Å². The average molecular weight is 289 g/mol. The van der Waals surface area contributed by atoms with Crippen LogP contribution in [0.5, 0.6) is 0 Å². The zero-order valence-electron chi connectivity index (χ0n) is 11.6. The summed E-state index contributed by atoms with van der Waals surface area (Å²) in [6.07, 6.45) is 4.38. The second-order valence-corrected chi connectivity index (χ2v) is 6.40. The number of hydrogen-bond donors (Lipinski definition) is 1. The van der Waals surface area contributed by atoms with Crippen LogP contribution in [-0.2, 0) is 11.2 Å². The average Bonchev–Trinajstić information content (AvgIpc) is 3.16. The number of likely N-dealkylation sites (tertiary alicyclic amines) is 1. The van der Waals surface area contributed by atoms with Gasteiger partial charge in [-0.2, -0.15) is 5.10 Å². The van der Waals surface area contributed by atoms with Crippen molar-refractivity contribution in [3.8, 4) is 0 Å². The topological polar surface area (TPSA) is 49.0 Å². The number of hydrogen-bond acceptors (Lipinski definition) is 3. The third kappa shape index (κ3) is 2.77. The molecular weight excluding hydrogens is 270 g/mol. The fourth-order valence-electron chi connectivity index (χ4n) is 2.84. The summed E-state index contributed by atoms with van der Waals surface area (Å²) in [6.45, 7) is 3.76. The van der Waals surface area contributed by atoms with Gasteiger partial charge in [0.05, 0.1) is 6.20 Å². The third-order valence-corrected chi connectivity index (χ3v) is 4.92. The maximum atomic E-state index is 12.2. The molecule has 0 aliphatic carbocycles. The summed E-state index contributed by atoms with van der Waals surface area (Å²) in [5.74, 6) is 0.696. The summed E-state index contributed by atoms with van der Waals surface area (Å²) in [6, 6.07) is 4.13. The lowest BCUT2D eigenvalue weighted by Crippen LogP contribution is -2.28. The molecule has 1 fully saturated rings. The Kier molecular flexibility index (Phi) is 3.87. The summed E-state index contributed by atoms with van der Waals surface area (Å²) in [7, 11) is 0. The molecule has 1 aliphatic heterocycles. The lowest BCUT2D eigenvalue weighted by atomic mass is 10.0. The highest BCUT2D eigenvalue weighted by atomic mass is 32.1. The highest BCUT2D eigenvalue weighted by Gasteiger charge is 2.28. The van der Waals surface area contributed by atoms with Crippen LogP contribution < -0.4 is 0 Å². The first-order valence-electron chi connectivity index (χ1n) is 7.04. The second-order valence-electron chi connectivity index (χ2n) is 5.37. The molecule has 0 radical (unpaired) electrons. The van der Waals surface area contributed by atoms with Crippen molar-refractivity contribution in [2.45, 2.75) is 32.1 Å². The molecule has 2 aromatic heterocycles. The Hall–Kier alpha value is -1.62. The minimum atomic E-state index is 0.276. The van der Waals surface area contributed by atoms with Gasteiger partial charge in [0, 0.05) is 36.0 Å². The summed E-state index contributed by atoms with van der Waals surface area (Å²) in [5.41, 5.74) is 2.39. The highest BCUT2D eigenvalue weighted by Crippen LogP contribution is 2.28. The maximum Gasteiger partial charge on any atom is 0.222 e. The van der Waals surface area contributed by atoms with Crippen LogP contribution in [-0.4, -0.2) is 34.1 Å². The van der Waals surface area contributed by atoms with Gasteiger partial charge in [0.15, 0.2) is 0 Å². The van der Waals surface area contributed by atoms with Crippen molar-refractivity contribution in [2.75, 3.05) is 13.1 Å². The van der Waals surface area contributed by atoms with E-state index in [0.717, 1.165) is 25.9 Å². The standard InChI is InChI=1S/C15H19N3OS/c1-11-9-16-17-15(11)12-6-7-18(10-12)14(19)5-4-13-3-2-8-20-13/h2-3,8-9,12H,4-7,10H2,1H3,(H,16,17)/t12-/m1/s1. The molecule has 1 saturated heterocycles. The molecule has 0 bridgehead atoms. The Morgan fingerprint density at radius 2 is 2.50 bits per heavy atom. The first-order valence-corrected chi connectivity index (χ1v) is 7.92. The largest absolute Gasteiger partial charge is 0.342 e. The molecule has 1 atom stereocenters. The van der Waals surface area contributed by atoms with Crippen molar-refractivity contribution >= 4 is 17.2 Å². The molecule has 4 nitrogen and oxygen atoms in total. The summed E-state index contributed by atoms with van der Waals surface area (Å²) < 4.78 is 0. The summed E-state index contributed by atoms with van der Waals surface area (Å²) in [4.78, 5) is 15.5. The molecule has 106 valence electrons. The quantitative estimate of drug-likeness (QED) is 0.941. The molecule has 0 spiro atoms. The zero-order chi connectivity index (χ0) is 13.9. The molecule has 1 N–H and O–H groups in total. The van der Waals surface area contributed by atoms with Crippen molar-refractivity contribution in [3.63, 3.8) is 0 Å². The zero-order valence-corrected chi connectivity index (χ0v) is 12.4. The van der Waals surface area contributed by atoms with Crippen molar-refractivity contribution < 1.29 is 4.79 Å². The van der Waals surface area contributed by atoms with Crippen LogP contribution in [0.2, 0.25) is 0 Å². The van der Waals surface area contributed by atoms with Gasteiger partial charge in [-0.1, -0.05) is 6.07 Å². The minimum absolute atomic E-state index is 0.276. The van der Waals surface area contributed by atoms with Crippen LogP contribution in [0, 0.1) is 6.92 Å². The van der Waals surface area contributed by atoms with Crippen LogP contribution in [0.25, 0.3) is 0 Å². The van der Waals surface area contributed by atoms with Crippen molar-refractivity contribution in [3.05, 3.63) is 39.8 Å². The molecule has 0 saturated carbocycles. The van der Waals surface area contributed by atoms with Gasteiger partial charge in [-0.15, -0.1) is 11.3 Å². The predicted octanol–water partition coefficient (Wildman–Crippen LogP) is 2.73. The lowest BCUT2D eigenvalue weighted by molar-refractivity contribution is -0.130. The van der Waals surface area contributed by atoms with E-state index < -0.39 is 0 Å². The van der Waals surface area contributed by atoms with E-state index in [-0.39, 0.29) is 5.91 Å². The second kappa shape index (κ2) is 5.79. The molecule has 5 heteroatoms. The van der Waals surface area contributed by atoms with E-state index in [9.17, 15) is 4.79 Å². The van der Waals surface area contributed by atoms with Crippen LogP contribution in [0.4, 0.5) is 0 Å². The first-order chi connectivity index (χ1) is 9.74. The number of nitrogens with zero attached hydrogens (tertiary/aromatic N) is 2. The summed E-state index contributed by atoms with van der Waals surface area (Å²) >= 11 is 1.72. The molecular formula is C15H19N3OS. The van der Waals surface area contributed by atoms with Gasteiger partial charge in [-0.05, 0) is 36.8 Å². The Balaban J connectivity index is 1.54. The SMILES string of the molecule is Cc1cn[nH]c1[C@@H]1CCN(C(=O)CCc2cccs2)C1. The van der Waals surface area contributed by atoms with Crippen molar-refractivity contribution in [2.24, 2.45) is 0 Å². The van der Waals surface area contributed by atoms with Gasteiger partial charge in [0.1, 0.15) is 0 Å². The van der Waals surface area contributed by atoms with Gasteiger partial charge in [-0.25, -0.2) is 0 Å². The summed E-state index contributed by atoms with van der Waals surface area (Å²) in [5, 5.41) is 9.22. The lowest BCUT2D eigenvalue weighted by Gasteiger charge is -2.16. The van der Waals surface area contributed by atoms with Crippen LogP contribution in [0.15, 0.2) is 23.7 Å². The number of H-pyrrole nitrogens is 1. The van der Waals surface area contributed by atoms with Gasteiger partial charge in [0.2, 0.25) is 5.91 Å². The van der Waals surface area contributed by atoms with E-state index in [1.54, 1.807) is 11.3 Å². The van der Waals surface area contributed by atoms with E-state index >= 15 is 0 Å². The number of carbonyl (C=O) groups excluding carboxylic acids is 1. The molecule has 1 amide bonds. The first kappa shape index (κ1) is 13.4. The molecule has 0 aromatic carbocycles. The minimum Gasteiger partial charge on any atom is -0.342 e. The molecule has 3 rings (SSSR count). The molecule has 20 heavy (non-hydrogen) atoms. The molecule has 0 unspecified atom stereocenters. The van der Waals surface area contributed by atoms with E-state index in [4.69, 9.17) is 0 Å². The number of amides is 1. The molecule has 1 aliphatic rings. The Morgan fingerprint density at radius 3 is 3.20 bits per heavy atom. The smallest absolute Gasteiger partial charge is 0.222 e. The number of nitrogens with one attached hydrogen (secondary N) is 1. The maximum absolute atomic E-state index is 12.2. The van der Waals surface area contributed by atoms with E-state index in [2.05, 4.69) is 28.6 Å². The van der Waals surface area contributed by atoms with E-state index in [1.165, 1.54) is 16.1 Å². The van der Waals surface area contributed by atoms with Crippen molar-refractivity contribution in [1.29, 1.82) is 0 Å². The van der Waals surface area contributed by atoms with Gasteiger partial charge < -0.3 is 4.90 Å². The molecule has 3 heterocycles. The predicted molar refractivity (Wildman–Crippen MR) is 79.9 cm³/mol. The van der Waals surface area contributed by atoms with Crippen LogP contribution in [0.3, 0.4) is 0 Å². The van der Waals surface area contributed by atoms with E-state index in [0.29, 0.717) is 12.3 Å². The number of thiophene rings is 1. The van der Waals surface area contributed by atoms with Gasteiger partial charge in [0.25, 0.3) is 0 Å². The number of aryl methyl sites for hydroxylation is 2. The molecule has 2 aromatic rings. The Morgan fingerprint density at radius 1 is 1.60 bits per heavy atom. The number of aromatic amines is 1. The Labute approximate surface area is 122 Å². The highest BCUT2D eigenvalue weighted by molar-refractivity contribution is 7.09. The van der Waals surface area contributed by atoms with Crippen LogP contribution >= 0.6 is 11.3 Å². The van der Waals surface area contributed by atoms with Crippen molar-refractivity contribution in [1.82, 2.24) is 15.1 Å². The Bertz CT molecular complexity index is 576. The van der Waals surface area contributed by atoms with E-state index in [1.807, 2.05) is 17.2 Å². The fraction of sp³-hybridized carbons (Fsp3) is 0.467. The number of rotatable bonds is 4. The van der Waals surface area contributed by atoms with Crippen LogP contribution in [0.1, 0.15) is 34.9 Å².